The van der Waals surface area contributed by atoms with E-state index in [0.29, 0.717) is 0 Å². The Balaban J connectivity index is 3.45. The van der Waals surface area contributed by atoms with Crippen molar-refractivity contribution in [1.82, 2.24) is 0 Å². The molecule has 0 unspecified atom stereocenters. The Hall–Kier alpha value is -1.80. The summed E-state index contributed by atoms with van der Waals surface area (Å²) >= 11 is 0. The predicted molar refractivity (Wildman–Crippen MR) is 48.3 cm³/mol. The number of carbonyl (C=O) groups is 1. The van der Waals surface area contributed by atoms with E-state index >= 15 is 0 Å². The third kappa shape index (κ3) is 2.36. The van der Waals surface area contributed by atoms with E-state index in [1.165, 1.54) is 0 Å². The van der Waals surface area contributed by atoms with E-state index in [1.807, 2.05) is 0 Å². The van der Waals surface area contributed by atoms with Crippen LogP contribution in [-0.2, 0) is 10.1 Å². The van der Waals surface area contributed by atoms with Gasteiger partial charge in [-0.2, -0.15) is 8.42 Å². The quantitative estimate of drug-likeness (QED) is 0.353. The molecule has 0 aliphatic heterocycles. The fraction of sp³-hybridized carbons (Fsp3) is 0. The minimum Gasteiger partial charge on any atom is -0.298 e. The molecule has 8 heteroatoms. The molecule has 0 amide bonds. The van der Waals surface area contributed by atoms with Gasteiger partial charge in [0, 0.05) is 6.07 Å². The lowest BCUT2D eigenvalue weighted by Gasteiger charge is -1.98. The number of hydrogen-bond acceptors (Lipinski definition) is 5. The van der Waals surface area contributed by atoms with Crippen LogP contribution in [0.4, 0.5) is 5.69 Å². The van der Waals surface area contributed by atoms with Crippen molar-refractivity contribution in [2.75, 3.05) is 0 Å². The van der Waals surface area contributed by atoms with Crippen molar-refractivity contribution in [3.8, 4) is 0 Å². The minimum atomic E-state index is -4.46. The molecule has 80 valence electrons. The number of nitro benzene ring substituents is 1. The average Bonchev–Trinajstić information content (AvgIpc) is 2.15. The zero-order chi connectivity index (χ0) is 11.6. The Kier molecular flexibility index (Phi) is 2.82. The van der Waals surface area contributed by atoms with E-state index in [4.69, 9.17) is 4.55 Å². The van der Waals surface area contributed by atoms with Crippen molar-refractivity contribution in [2.24, 2.45) is 0 Å². The summed E-state index contributed by atoms with van der Waals surface area (Å²) in [5.41, 5.74) is -0.924. The summed E-state index contributed by atoms with van der Waals surface area (Å²) in [7, 11) is -4.46. The molecule has 1 N–H and O–H groups in total. The van der Waals surface area contributed by atoms with Crippen molar-refractivity contribution >= 4 is 22.1 Å². The molecule has 1 rings (SSSR count). The third-order valence-electron chi connectivity index (χ3n) is 1.62. The highest BCUT2D eigenvalue weighted by Gasteiger charge is 2.18. The van der Waals surface area contributed by atoms with Crippen molar-refractivity contribution < 1.29 is 22.7 Å². The predicted octanol–water partition coefficient (Wildman–Crippen LogP) is 0.654. The van der Waals surface area contributed by atoms with Gasteiger partial charge < -0.3 is 0 Å². The van der Waals surface area contributed by atoms with Crippen LogP contribution in [0.2, 0.25) is 0 Å². The van der Waals surface area contributed by atoms with Gasteiger partial charge in [0.15, 0.2) is 6.29 Å². The first-order chi connectivity index (χ1) is 6.86. The number of nitro groups is 1. The molecule has 1 aromatic rings. The van der Waals surface area contributed by atoms with Crippen molar-refractivity contribution in [2.45, 2.75) is 4.90 Å². The molecule has 1 aromatic carbocycles. The normalized spacial score (nSPS) is 11.0. The SMILES string of the molecule is O=Cc1cc(S(=O)(=O)O)ccc1[N+](=O)[O-]. The van der Waals surface area contributed by atoms with Crippen LogP contribution in [-0.4, -0.2) is 24.2 Å². The zero-order valence-electron chi connectivity index (χ0n) is 7.15. The lowest BCUT2D eigenvalue weighted by molar-refractivity contribution is -0.385. The maximum absolute atomic E-state index is 10.7. The molecular weight excluding hydrogens is 226 g/mol. The van der Waals surface area contributed by atoms with Gasteiger partial charge in [0.2, 0.25) is 0 Å². The molecule has 0 bridgehead atoms. The van der Waals surface area contributed by atoms with Crippen LogP contribution < -0.4 is 0 Å². The lowest BCUT2D eigenvalue weighted by atomic mass is 10.2. The Bertz CT molecular complexity index is 520. The number of carbonyl (C=O) groups excluding carboxylic acids is 1. The first kappa shape index (κ1) is 11.3. The third-order valence-corrected chi connectivity index (χ3v) is 2.47. The van der Waals surface area contributed by atoms with E-state index < -0.39 is 31.2 Å². The smallest absolute Gasteiger partial charge is 0.294 e. The van der Waals surface area contributed by atoms with Crippen molar-refractivity contribution in [3.05, 3.63) is 33.9 Å². The highest BCUT2D eigenvalue weighted by atomic mass is 32.2. The average molecular weight is 231 g/mol. The summed E-state index contributed by atoms with van der Waals surface area (Å²) in [4.78, 5) is 19.4. The molecule has 0 saturated heterocycles. The number of hydrogen-bond donors (Lipinski definition) is 1. The molecule has 7 nitrogen and oxygen atoms in total. The van der Waals surface area contributed by atoms with Crippen LogP contribution in [0.15, 0.2) is 23.1 Å². The van der Waals surface area contributed by atoms with E-state index in [0.717, 1.165) is 18.2 Å². The van der Waals surface area contributed by atoms with Crippen LogP contribution in [0.1, 0.15) is 10.4 Å². The largest absolute Gasteiger partial charge is 0.298 e. The molecule has 0 fully saturated rings. The number of nitrogens with zero attached hydrogens (tertiary/aromatic N) is 1. The molecule has 0 aliphatic rings. The summed E-state index contributed by atoms with van der Waals surface area (Å²) in [6.45, 7) is 0. The van der Waals surface area contributed by atoms with Gasteiger partial charge in [-0.05, 0) is 12.1 Å². The Morgan fingerprint density at radius 3 is 2.40 bits per heavy atom. The Labute approximate surface area is 84.2 Å². The molecule has 0 saturated carbocycles. The summed E-state index contributed by atoms with van der Waals surface area (Å²) in [5.74, 6) is 0. The van der Waals surface area contributed by atoms with Gasteiger partial charge >= 0.3 is 0 Å². The Morgan fingerprint density at radius 2 is 2.00 bits per heavy atom. The molecule has 0 aromatic heterocycles. The Morgan fingerprint density at radius 1 is 1.40 bits per heavy atom. The highest BCUT2D eigenvalue weighted by molar-refractivity contribution is 7.85. The first-order valence-electron chi connectivity index (χ1n) is 3.57. The van der Waals surface area contributed by atoms with Gasteiger partial charge in [-0.25, -0.2) is 0 Å². The highest BCUT2D eigenvalue weighted by Crippen LogP contribution is 2.20. The standard InChI is InChI=1S/C7H5NO6S/c9-4-5-3-6(15(12,13)14)1-2-7(5)8(10)11/h1-4H,(H,12,13,14). The zero-order valence-corrected chi connectivity index (χ0v) is 7.97. The number of aldehydes is 1. The maximum atomic E-state index is 10.7. The van der Waals surface area contributed by atoms with E-state index in [-0.39, 0.29) is 6.29 Å². The second-order valence-electron chi connectivity index (χ2n) is 2.57. The second kappa shape index (κ2) is 3.75. The van der Waals surface area contributed by atoms with Crippen LogP contribution >= 0.6 is 0 Å². The first-order valence-corrected chi connectivity index (χ1v) is 5.01. The summed E-state index contributed by atoms with van der Waals surface area (Å²) < 4.78 is 29.9. The summed E-state index contributed by atoms with van der Waals surface area (Å²) in [6.07, 6.45) is 0.146. The number of rotatable bonds is 3. The van der Waals surface area contributed by atoms with Gasteiger partial charge in [0.1, 0.15) is 0 Å². The van der Waals surface area contributed by atoms with Crippen LogP contribution in [0.25, 0.3) is 0 Å². The topological polar surface area (TPSA) is 115 Å². The fourth-order valence-electron chi connectivity index (χ4n) is 0.954. The van der Waals surface area contributed by atoms with Gasteiger partial charge in [0.05, 0.1) is 15.4 Å². The van der Waals surface area contributed by atoms with Crippen LogP contribution in [0.5, 0.6) is 0 Å². The fourth-order valence-corrected chi connectivity index (χ4v) is 1.47. The molecule has 0 aliphatic carbocycles. The molecular formula is C7H5NO6S. The molecule has 0 radical (unpaired) electrons. The molecule has 0 atom stereocenters. The summed E-state index contributed by atoms with van der Waals surface area (Å²) in [5, 5.41) is 10.4. The van der Waals surface area contributed by atoms with Crippen molar-refractivity contribution in [1.29, 1.82) is 0 Å². The minimum absolute atomic E-state index is 0.146. The summed E-state index contributed by atoms with van der Waals surface area (Å²) in [6, 6.07) is 2.42. The van der Waals surface area contributed by atoms with E-state index in [2.05, 4.69) is 0 Å². The van der Waals surface area contributed by atoms with Gasteiger partial charge in [-0.15, -0.1) is 0 Å². The van der Waals surface area contributed by atoms with Gasteiger partial charge in [0.25, 0.3) is 15.8 Å². The van der Waals surface area contributed by atoms with Crippen molar-refractivity contribution in [3.63, 3.8) is 0 Å². The molecule has 0 spiro atoms. The van der Waals surface area contributed by atoms with Crippen LogP contribution in [0.3, 0.4) is 0 Å². The lowest BCUT2D eigenvalue weighted by Crippen LogP contribution is -2.01. The van der Waals surface area contributed by atoms with Crippen LogP contribution in [0, 0.1) is 10.1 Å². The van der Waals surface area contributed by atoms with E-state index in [1.54, 1.807) is 0 Å². The maximum Gasteiger partial charge on any atom is 0.294 e. The number of benzene rings is 1. The van der Waals surface area contributed by atoms with Gasteiger partial charge in [-0.1, -0.05) is 0 Å². The monoisotopic (exact) mass is 231 g/mol. The molecule has 0 heterocycles. The van der Waals surface area contributed by atoms with E-state index in [9.17, 15) is 23.3 Å². The second-order valence-corrected chi connectivity index (χ2v) is 3.99. The molecule has 15 heavy (non-hydrogen) atoms. The van der Waals surface area contributed by atoms with Gasteiger partial charge in [-0.3, -0.25) is 19.5 Å².